The maximum Gasteiger partial charge on any atom is 0.255 e. The average molecular weight is 307 g/mol. The molecule has 0 spiro atoms. The van der Waals surface area contributed by atoms with Gasteiger partial charge in [0.25, 0.3) is 5.91 Å². The Morgan fingerprint density at radius 1 is 1.19 bits per heavy atom. The monoisotopic (exact) mass is 306 g/mol. The van der Waals surface area contributed by atoms with E-state index in [-0.39, 0.29) is 11.1 Å². The van der Waals surface area contributed by atoms with Gasteiger partial charge in [0, 0.05) is 17.3 Å². The summed E-state index contributed by atoms with van der Waals surface area (Å²) >= 11 is 5.86. The molecule has 1 aromatic carbocycles. The van der Waals surface area contributed by atoms with E-state index in [0.717, 1.165) is 0 Å². The molecule has 0 aliphatic heterocycles. The lowest BCUT2D eigenvalue weighted by Crippen LogP contribution is -2.13. The highest BCUT2D eigenvalue weighted by molar-refractivity contribution is 6.29. The van der Waals surface area contributed by atoms with Crippen molar-refractivity contribution in [2.45, 2.75) is 6.92 Å². The van der Waals surface area contributed by atoms with Gasteiger partial charge < -0.3 is 14.8 Å². The molecule has 0 atom stereocenters. The molecule has 0 saturated heterocycles. The molecule has 0 unspecified atom stereocenters. The third-order valence-corrected chi connectivity index (χ3v) is 3.03. The molecule has 1 amide bonds. The molecule has 110 valence electrons. The quantitative estimate of drug-likeness (QED) is 0.880. The lowest BCUT2D eigenvalue weighted by molar-refractivity contribution is 0.102. The number of aromatic nitrogens is 1. The van der Waals surface area contributed by atoms with Gasteiger partial charge in [0.05, 0.1) is 19.9 Å². The van der Waals surface area contributed by atoms with Crippen molar-refractivity contribution in [3.8, 4) is 11.5 Å². The first-order valence-corrected chi connectivity index (χ1v) is 6.59. The van der Waals surface area contributed by atoms with Crippen molar-refractivity contribution in [2.75, 3.05) is 19.5 Å². The minimum Gasteiger partial charge on any atom is -0.497 e. The van der Waals surface area contributed by atoms with Crippen LogP contribution in [-0.2, 0) is 0 Å². The number of benzene rings is 1. The van der Waals surface area contributed by atoms with Gasteiger partial charge in [-0.3, -0.25) is 4.79 Å². The number of aryl methyl sites for hydroxylation is 1. The highest BCUT2D eigenvalue weighted by Crippen LogP contribution is 2.29. The van der Waals surface area contributed by atoms with Crippen molar-refractivity contribution in [1.29, 1.82) is 0 Å². The van der Waals surface area contributed by atoms with Gasteiger partial charge in [-0.15, -0.1) is 0 Å². The van der Waals surface area contributed by atoms with E-state index in [9.17, 15) is 4.79 Å². The van der Waals surface area contributed by atoms with E-state index in [4.69, 9.17) is 21.1 Å². The van der Waals surface area contributed by atoms with Gasteiger partial charge in [0.1, 0.15) is 16.7 Å². The molecule has 0 radical (unpaired) electrons. The van der Waals surface area contributed by atoms with Gasteiger partial charge in [0.15, 0.2) is 0 Å². The van der Waals surface area contributed by atoms with Crippen molar-refractivity contribution in [2.24, 2.45) is 0 Å². The number of nitrogens with one attached hydrogen (secondary N) is 1. The number of rotatable bonds is 4. The van der Waals surface area contributed by atoms with Crippen LogP contribution in [0.3, 0.4) is 0 Å². The number of ether oxygens (including phenoxy) is 2. The zero-order valence-electron chi connectivity index (χ0n) is 11.9. The molecular weight excluding hydrogens is 292 g/mol. The number of hydrogen-bond acceptors (Lipinski definition) is 4. The van der Waals surface area contributed by atoms with Crippen LogP contribution in [0, 0.1) is 6.92 Å². The number of nitrogens with zero attached hydrogens (tertiary/aromatic N) is 1. The molecule has 5 nitrogen and oxygen atoms in total. The minimum absolute atomic E-state index is 0.279. The molecule has 21 heavy (non-hydrogen) atoms. The van der Waals surface area contributed by atoms with Crippen molar-refractivity contribution in [1.82, 2.24) is 4.98 Å². The Morgan fingerprint density at radius 3 is 2.57 bits per heavy atom. The Labute approximate surface area is 127 Å². The molecule has 0 aliphatic rings. The molecule has 0 bridgehead atoms. The summed E-state index contributed by atoms with van der Waals surface area (Å²) < 4.78 is 10.4. The van der Waals surface area contributed by atoms with E-state index in [1.54, 1.807) is 38.3 Å². The Balaban J connectivity index is 2.26. The zero-order chi connectivity index (χ0) is 15.4. The smallest absolute Gasteiger partial charge is 0.255 e. The van der Waals surface area contributed by atoms with Gasteiger partial charge in [0.2, 0.25) is 0 Å². The number of hydrogen-bond donors (Lipinski definition) is 1. The molecule has 1 heterocycles. The first-order valence-electron chi connectivity index (χ1n) is 6.21. The van der Waals surface area contributed by atoms with Crippen LogP contribution in [0.5, 0.6) is 11.5 Å². The summed E-state index contributed by atoms with van der Waals surface area (Å²) in [5.74, 6) is 0.873. The minimum atomic E-state index is -0.286. The zero-order valence-corrected chi connectivity index (χ0v) is 12.7. The fourth-order valence-electron chi connectivity index (χ4n) is 1.86. The van der Waals surface area contributed by atoms with Crippen LogP contribution in [0.15, 0.2) is 30.3 Å². The number of anilines is 1. The third kappa shape index (κ3) is 3.64. The summed E-state index contributed by atoms with van der Waals surface area (Å²) in [7, 11) is 3.09. The second-order valence-corrected chi connectivity index (χ2v) is 4.73. The van der Waals surface area contributed by atoms with Crippen LogP contribution in [0.2, 0.25) is 5.15 Å². The third-order valence-electron chi connectivity index (χ3n) is 2.84. The van der Waals surface area contributed by atoms with Crippen LogP contribution in [0.25, 0.3) is 0 Å². The van der Waals surface area contributed by atoms with Crippen molar-refractivity contribution >= 4 is 23.2 Å². The normalized spacial score (nSPS) is 10.1. The highest BCUT2D eigenvalue weighted by Gasteiger charge is 2.12. The van der Waals surface area contributed by atoms with Crippen molar-refractivity contribution < 1.29 is 14.3 Å². The second kappa shape index (κ2) is 6.45. The summed E-state index contributed by atoms with van der Waals surface area (Å²) in [5.41, 5.74) is 1.66. The number of pyridine rings is 1. The van der Waals surface area contributed by atoms with Gasteiger partial charge in [-0.1, -0.05) is 11.6 Å². The summed E-state index contributed by atoms with van der Waals surface area (Å²) in [4.78, 5) is 16.3. The average Bonchev–Trinajstić information content (AvgIpc) is 2.46. The highest BCUT2D eigenvalue weighted by atomic mass is 35.5. The number of amides is 1. The molecular formula is C15H15ClN2O3. The number of carbonyl (C=O) groups excluding carboxylic acids is 1. The standard InChI is InChI=1S/C15H15ClN2O3/c1-9-6-10(7-14(16)17-9)15(19)18-12-5-4-11(20-2)8-13(12)21-3/h4-8H,1-3H3,(H,18,19). The summed E-state index contributed by atoms with van der Waals surface area (Å²) in [6.45, 7) is 1.77. The molecule has 1 N–H and O–H groups in total. The molecule has 0 aliphatic carbocycles. The Kier molecular flexibility index (Phi) is 4.65. The van der Waals surface area contributed by atoms with Crippen LogP contribution < -0.4 is 14.8 Å². The van der Waals surface area contributed by atoms with E-state index in [0.29, 0.717) is 28.4 Å². The van der Waals surface area contributed by atoms with Crippen molar-refractivity contribution in [3.05, 3.63) is 46.7 Å². The first kappa shape index (κ1) is 15.1. The van der Waals surface area contributed by atoms with Crippen LogP contribution in [0.4, 0.5) is 5.69 Å². The lowest BCUT2D eigenvalue weighted by atomic mass is 10.2. The Morgan fingerprint density at radius 2 is 1.95 bits per heavy atom. The van der Waals surface area contributed by atoms with E-state index >= 15 is 0 Å². The molecule has 6 heteroatoms. The number of methoxy groups -OCH3 is 2. The van der Waals surface area contributed by atoms with Gasteiger partial charge in [-0.2, -0.15) is 0 Å². The number of halogens is 1. The fourth-order valence-corrected chi connectivity index (χ4v) is 2.11. The predicted molar refractivity (Wildman–Crippen MR) is 81.5 cm³/mol. The van der Waals surface area contributed by atoms with E-state index in [2.05, 4.69) is 10.3 Å². The first-order chi connectivity index (χ1) is 10.0. The summed E-state index contributed by atoms with van der Waals surface area (Å²) in [6.07, 6.45) is 0. The Hall–Kier alpha value is -2.27. The van der Waals surface area contributed by atoms with E-state index in [1.165, 1.54) is 13.2 Å². The SMILES string of the molecule is COc1ccc(NC(=O)c2cc(C)nc(Cl)c2)c(OC)c1. The summed E-state index contributed by atoms with van der Waals surface area (Å²) in [6, 6.07) is 8.33. The topological polar surface area (TPSA) is 60.5 Å². The maximum absolute atomic E-state index is 12.3. The molecule has 2 rings (SSSR count). The maximum atomic E-state index is 12.3. The van der Waals surface area contributed by atoms with Gasteiger partial charge in [-0.05, 0) is 31.2 Å². The molecule has 0 fully saturated rings. The predicted octanol–water partition coefficient (Wildman–Crippen LogP) is 3.31. The lowest BCUT2D eigenvalue weighted by Gasteiger charge is -2.12. The molecule has 0 saturated carbocycles. The summed E-state index contributed by atoms with van der Waals surface area (Å²) in [5, 5.41) is 3.06. The van der Waals surface area contributed by atoms with Crippen LogP contribution >= 0.6 is 11.6 Å². The van der Waals surface area contributed by atoms with Gasteiger partial charge in [-0.25, -0.2) is 4.98 Å². The van der Waals surface area contributed by atoms with E-state index < -0.39 is 0 Å². The second-order valence-electron chi connectivity index (χ2n) is 4.34. The Bertz CT molecular complexity index is 654. The van der Waals surface area contributed by atoms with Crippen molar-refractivity contribution in [3.63, 3.8) is 0 Å². The van der Waals surface area contributed by atoms with E-state index in [1.807, 2.05) is 0 Å². The molecule has 1 aromatic heterocycles. The largest absolute Gasteiger partial charge is 0.497 e. The van der Waals surface area contributed by atoms with Gasteiger partial charge >= 0.3 is 0 Å². The molecule has 2 aromatic rings. The number of carbonyl (C=O) groups is 1. The van der Waals surface area contributed by atoms with Crippen LogP contribution in [-0.4, -0.2) is 25.1 Å². The van der Waals surface area contributed by atoms with Crippen LogP contribution in [0.1, 0.15) is 16.1 Å². The fraction of sp³-hybridized carbons (Fsp3) is 0.200.